The average Bonchev–Trinajstić information content (AvgIpc) is 1.60. The fraction of sp³-hybridized carbons (Fsp3) is 0.0714. The molecule has 0 saturated carbocycles. The lowest BCUT2D eigenvalue weighted by Crippen LogP contribution is -2.56. The van der Waals surface area contributed by atoms with Crippen molar-refractivity contribution in [2.75, 3.05) is 0 Å². The van der Waals surface area contributed by atoms with Gasteiger partial charge >= 0.3 is 0 Å². The van der Waals surface area contributed by atoms with Gasteiger partial charge in [0.1, 0.15) is 0 Å². The van der Waals surface area contributed by atoms with Crippen LogP contribution >= 0.6 is 0 Å². The molecule has 4 heterocycles. The second-order valence-electron chi connectivity index (χ2n) is 24.9. The van der Waals surface area contributed by atoms with E-state index in [4.69, 9.17) is 0 Å². The highest BCUT2D eigenvalue weighted by Crippen LogP contribution is 2.43. The molecule has 4 aromatic heterocycles. The predicted octanol–water partition coefficient (Wildman–Crippen LogP) is 19.8. The highest BCUT2D eigenvalue weighted by molar-refractivity contribution is 6.96. The summed E-state index contributed by atoms with van der Waals surface area (Å²) in [6.45, 7) is 13.7. The Balaban J connectivity index is 0.902. The van der Waals surface area contributed by atoms with Crippen LogP contribution in [0, 0.1) is 41.5 Å². The van der Waals surface area contributed by atoms with Gasteiger partial charge in [0.05, 0.1) is 44.1 Å². The molecular weight excluding hydrogens is 1080 g/mol. The number of hydrogen-bond donors (Lipinski definition) is 0. The minimum atomic E-state index is -0.0477. The van der Waals surface area contributed by atoms with Crippen molar-refractivity contribution >= 4 is 110 Å². The number of aromatic nitrogens is 4. The van der Waals surface area contributed by atoms with Crippen molar-refractivity contribution in [1.82, 2.24) is 18.3 Å². The molecule has 17 aromatic rings. The highest BCUT2D eigenvalue weighted by Gasteiger charge is 2.30. The molecule has 0 spiro atoms. The Labute approximate surface area is 518 Å². The van der Waals surface area contributed by atoms with E-state index in [0.717, 1.165) is 33.9 Å². The number of benzene rings is 13. The maximum absolute atomic E-state index is 2.51. The van der Waals surface area contributed by atoms with Gasteiger partial charge in [-0.1, -0.05) is 220 Å². The van der Waals surface area contributed by atoms with E-state index < -0.39 is 0 Å². The van der Waals surface area contributed by atoms with Crippen LogP contribution in [0.3, 0.4) is 0 Å². The summed E-state index contributed by atoms with van der Waals surface area (Å²) >= 11 is 0. The van der Waals surface area contributed by atoms with Gasteiger partial charge in [-0.15, -0.1) is 0 Å². The fourth-order valence-electron chi connectivity index (χ4n) is 15.7. The van der Waals surface area contributed by atoms with Crippen LogP contribution in [0.15, 0.2) is 273 Å². The molecule has 4 nitrogen and oxygen atoms in total. The second kappa shape index (κ2) is 20.4. The smallest absolute Gasteiger partial charge is 0.242 e. The minimum Gasteiger partial charge on any atom is -0.309 e. The van der Waals surface area contributed by atoms with Crippen LogP contribution in [0.5, 0.6) is 0 Å². The Morgan fingerprint density at radius 2 is 0.517 bits per heavy atom. The standard InChI is InChI=1S/C84H63BN4/c1-52-39-54(3)83(55(4)40-52)85(84-56(5)41-53(2)42-57(84)6)62-44-60(58-23-21-29-65(46-58)88-77-37-19-15-33-69(77)73-48-71-67-31-13-17-35-75(67)86(79(71)50-81(73)88)63-25-9-7-10-26-63)43-61(45-62)59-24-22-30-66(47-59)89-78-38-20-16-34-70(78)74-49-72-68-32-14-18-36-76(68)87(80(72)51-82(74)89)64-27-11-8-12-28-64/h7-51H,1-6H3. The average molecular weight is 1140 g/mol. The predicted molar refractivity (Wildman–Crippen MR) is 381 cm³/mol. The molecule has 0 N–H and O–H groups in total. The van der Waals surface area contributed by atoms with Gasteiger partial charge in [0.15, 0.2) is 0 Å². The number of aryl methyl sites for hydroxylation is 6. The largest absolute Gasteiger partial charge is 0.309 e. The lowest BCUT2D eigenvalue weighted by atomic mass is 9.34. The molecule has 0 aliphatic heterocycles. The zero-order valence-electron chi connectivity index (χ0n) is 50.8. The van der Waals surface area contributed by atoms with Gasteiger partial charge in [-0.05, 0) is 167 Å². The molecule has 422 valence electrons. The third kappa shape index (κ3) is 8.29. The van der Waals surface area contributed by atoms with Gasteiger partial charge in [-0.2, -0.15) is 0 Å². The zero-order chi connectivity index (χ0) is 59.8. The van der Waals surface area contributed by atoms with Crippen LogP contribution in [-0.2, 0) is 0 Å². The summed E-state index contributed by atoms with van der Waals surface area (Å²) in [4.78, 5) is 0. The molecule has 17 rings (SSSR count). The summed E-state index contributed by atoms with van der Waals surface area (Å²) in [5.41, 5.74) is 30.4. The zero-order valence-corrected chi connectivity index (χ0v) is 50.8. The van der Waals surface area contributed by atoms with Crippen LogP contribution in [0.4, 0.5) is 0 Å². The van der Waals surface area contributed by atoms with Crippen molar-refractivity contribution in [3.05, 3.63) is 306 Å². The molecule has 0 atom stereocenters. The van der Waals surface area contributed by atoms with Gasteiger partial charge in [-0.25, -0.2) is 0 Å². The Morgan fingerprint density at radius 3 is 0.865 bits per heavy atom. The number of hydrogen-bond acceptors (Lipinski definition) is 0. The van der Waals surface area contributed by atoms with Gasteiger partial charge in [0.25, 0.3) is 0 Å². The molecular formula is C84H63BN4. The summed E-state index contributed by atoms with van der Waals surface area (Å²) in [5, 5.41) is 9.93. The lowest BCUT2D eigenvalue weighted by molar-refractivity contribution is 1.16. The highest BCUT2D eigenvalue weighted by atomic mass is 15.0. The van der Waals surface area contributed by atoms with E-state index >= 15 is 0 Å². The van der Waals surface area contributed by atoms with Gasteiger partial charge in [-0.3, -0.25) is 0 Å². The fourth-order valence-corrected chi connectivity index (χ4v) is 15.7. The third-order valence-corrected chi connectivity index (χ3v) is 19.2. The van der Waals surface area contributed by atoms with Crippen molar-refractivity contribution in [3.8, 4) is 45.0 Å². The molecule has 0 amide bonds. The van der Waals surface area contributed by atoms with Crippen molar-refractivity contribution in [2.24, 2.45) is 0 Å². The van der Waals surface area contributed by atoms with Gasteiger partial charge in [0.2, 0.25) is 6.71 Å². The van der Waals surface area contributed by atoms with E-state index in [2.05, 4.69) is 333 Å². The van der Waals surface area contributed by atoms with Crippen LogP contribution < -0.4 is 16.4 Å². The SMILES string of the molecule is Cc1cc(C)c(B(c2cc(-c3cccc(-n4c5ccccc5c5cc6c7ccccc7n(-c7ccccc7)c6cc54)c3)cc(-c3cccc(-n4c5ccccc5c5cc6c7ccccc7n(-c7ccccc7)c6cc54)c3)c2)c2c(C)cc(C)cc2C)c(C)c1. The maximum Gasteiger partial charge on any atom is 0.242 e. The first-order valence-corrected chi connectivity index (χ1v) is 31.2. The summed E-state index contributed by atoms with van der Waals surface area (Å²) in [6, 6.07) is 102. The monoisotopic (exact) mass is 1140 g/mol. The van der Waals surface area contributed by atoms with Crippen LogP contribution in [0.2, 0.25) is 0 Å². The Morgan fingerprint density at radius 1 is 0.213 bits per heavy atom. The van der Waals surface area contributed by atoms with E-state index in [-0.39, 0.29) is 6.71 Å². The number of rotatable bonds is 9. The maximum atomic E-state index is 2.51. The second-order valence-corrected chi connectivity index (χ2v) is 24.9. The van der Waals surface area contributed by atoms with Crippen molar-refractivity contribution in [2.45, 2.75) is 41.5 Å². The number of nitrogens with zero attached hydrogens (tertiary/aromatic N) is 4. The van der Waals surface area contributed by atoms with E-state index in [1.54, 1.807) is 0 Å². The van der Waals surface area contributed by atoms with Gasteiger partial charge in [0, 0.05) is 65.8 Å². The quantitative estimate of drug-likeness (QED) is 0.128. The minimum absolute atomic E-state index is 0.0477. The molecule has 0 radical (unpaired) electrons. The van der Waals surface area contributed by atoms with Crippen LogP contribution in [0.25, 0.3) is 132 Å². The topological polar surface area (TPSA) is 19.7 Å². The molecule has 0 aliphatic carbocycles. The first-order valence-electron chi connectivity index (χ1n) is 31.2. The summed E-state index contributed by atoms with van der Waals surface area (Å²) < 4.78 is 9.85. The van der Waals surface area contributed by atoms with E-state index in [0.29, 0.717) is 0 Å². The first-order chi connectivity index (χ1) is 43.6. The van der Waals surface area contributed by atoms with Gasteiger partial charge < -0.3 is 18.3 Å². The molecule has 0 saturated heterocycles. The number of para-hydroxylation sites is 6. The summed E-state index contributed by atoms with van der Waals surface area (Å²) in [7, 11) is 0. The summed E-state index contributed by atoms with van der Waals surface area (Å²) in [5.74, 6) is 0. The molecule has 0 fully saturated rings. The first kappa shape index (κ1) is 52.5. The Hall–Kier alpha value is -10.9. The van der Waals surface area contributed by atoms with E-state index in [9.17, 15) is 0 Å². The molecule has 0 bridgehead atoms. The van der Waals surface area contributed by atoms with E-state index in [1.807, 2.05) is 0 Å². The summed E-state index contributed by atoms with van der Waals surface area (Å²) in [6.07, 6.45) is 0. The molecule has 13 aromatic carbocycles. The van der Waals surface area contributed by atoms with E-state index in [1.165, 1.54) is 148 Å². The molecule has 89 heavy (non-hydrogen) atoms. The molecule has 0 unspecified atom stereocenters. The number of fused-ring (bicyclic) bond motifs is 12. The third-order valence-electron chi connectivity index (χ3n) is 19.2. The normalized spacial score (nSPS) is 11.9. The lowest BCUT2D eigenvalue weighted by Gasteiger charge is -2.26. The molecule has 0 aliphatic rings. The molecule has 5 heteroatoms. The van der Waals surface area contributed by atoms with Crippen molar-refractivity contribution in [3.63, 3.8) is 0 Å². The van der Waals surface area contributed by atoms with Crippen LogP contribution in [0.1, 0.15) is 33.4 Å². The van der Waals surface area contributed by atoms with Crippen LogP contribution in [-0.4, -0.2) is 25.0 Å². The van der Waals surface area contributed by atoms with Crippen molar-refractivity contribution in [1.29, 1.82) is 0 Å². The Kier molecular flexibility index (Phi) is 12.0. The van der Waals surface area contributed by atoms with Crippen molar-refractivity contribution < 1.29 is 0 Å². The Bertz CT molecular complexity index is 5360.